The fourth-order valence-electron chi connectivity index (χ4n) is 6.60. The fraction of sp³-hybridized carbons (Fsp3) is 0.241. The number of carbonyl (C=O) groups excluding carboxylic acids is 2. The molecule has 1 spiro atoms. The first-order valence-electron chi connectivity index (χ1n) is 12.5. The molecule has 9 heteroatoms. The molecule has 2 saturated heterocycles. The van der Waals surface area contributed by atoms with Gasteiger partial charge in [-0.3, -0.25) is 24.3 Å². The van der Waals surface area contributed by atoms with Crippen molar-refractivity contribution >= 4 is 51.6 Å². The highest BCUT2D eigenvalue weighted by atomic mass is 35.5. The summed E-state index contributed by atoms with van der Waals surface area (Å²) in [5.74, 6) is -1.71. The van der Waals surface area contributed by atoms with Gasteiger partial charge in [0.25, 0.3) is 5.56 Å². The molecule has 3 aromatic carbocycles. The molecule has 7 rings (SSSR count). The van der Waals surface area contributed by atoms with Crippen LogP contribution in [-0.2, 0) is 15.1 Å². The maximum atomic E-state index is 14.4. The highest BCUT2D eigenvalue weighted by molar-refractivity contribution is 6.42. The lowest BCUT2D eigenvalue weighted by Crippen LogP contribution is -2.51. The summed E-state index contributed by atoms with van der Waals surface area (Å²) in [6, 6.07) is 19.1. The van der Waals surface area contributed by atoms with E-state index in [2.05, 4.69) is 5.32 Å². The lowest BCUT2D eigenvalue weighted by molar-refractivity contribution is -0.123. The van der Waals surface area contributed by atoms with Crippen molar-refractivity contribution in [1.82, 2.24) is 14.9 Å². The van der Waals surface area contributed by atoms with E-state index < -0.39 is 17.4 Å². The topological polar surface area (TPSA) is 84.3 Å². The summed E-state index contributed by atoms with van der Waals surface area (Å²) in [7, 11) is 0. The third-order valence-electron chi connectivity index (χ3n) is 8.18. The van der Waals surface area contributed by atoms with E-state index in [9.17, 15) is 14.4 Å². The van der Waals surface area contributed by atoms with E-state index in [4.69, 9.17) is 28.2 Å². The minimum atomic E-state index is -1.17. The van der Waals surface area contributed by atoms with Crippen LogP contribution in [0.2, 0.25) is 10.0 Å². The molecule has 1 aromatic heterocycles. The number of aromatic nitrogens is 2. The van der Waals surface area contributed by atoms with Crippen LogP contribution >= 0.6 is 23.2 Å². The second-order valence-electron chi connectivity index (χ2n) is 10.4. The SMILES string of the molecule is CC(C)[C@H]1N[C@@]2(c3ccccc3-n3c2nc2ccccc2c3=O)[C@H]2C(=O)N(c3ccc(Cl)c(Cl)c3)C(=O)[C@@H]12. The summed E-state index contributed by atoms with van der Waals surface area (Å²) >= 11 is 12.4. The molecule has 38 heavy (non-hydrogen) atoms. The van der Waals surface area contributed by atoms with E-state index in [-0.39, 0.29) is 34.4 Å². The Morgan fingerprint density at radius 2 is 1.66 bits per heavy atom. The van der Waals surface area contributed by atoms with Crippen molar-refractivity contribution in [2.45, 2.75) is 25.4 Å². The first kappa shape index (κ1) is 23.6. The van der Waals surface area contributed by atoms with Crippen LogP contribution < -0.4 is 15.8 Å². The average Bonchev–Trinajstić information content (AvgIpc) is 3.50. The maximum Gasteiger partial charge on any atom is 0.266 e. The van der Waals surface area contributed by atoms with E-state index in [0.29, 0.717) is 33.1 Å². The smallest absolute Gasteiger partial charge is 0.266 e. The Hall–Kier alpha value is -3.52. The molecule has 190 valence electrons. The van der Waals surface area contributed by atoms with Gasteiger partial charge in [0.1, 0.15) is 11.4 Å². The number of nitrogens with one attached hydrogen (secondary N) is 1. The average molecular weight is 545 g/mol. The van der Waals surface area contributed by atoms with E-state index in [1.54, 1.807) is 28.8 Å². The van der Waals surface area contributed by atoms with Gasteiger partial charge in [0.15, 0.2) is 0 Å². The van der Waals surface area contributed by atoms with Crippen molar-refractivity contribution < 1.29 is 9.59 Å². The van der Waals surface area contributed by atoms with Crippen molar-refractivity contribution in [3.05, 3.63) is 98.5 Å². The van der Waals surface area contributed by atoms with Gasteiger partial charge in [0.2, 0.25) is 11.8 Å². The highest BCUT2D eigenvalue weighted by Crippen LogP contribution is 2.56. The Kier molecular flexibility index (Phi) is 4.96. The van der Waals surface area contributed by atoms with Gasteiger partial charge in [-0.25, -0.2) is 9.88 Å². The first-order valence-corrected chi connectivity index (χ1v) is 13.2. The Bertz CT molecular complexity index is 1770. The van der Waals surface area contributed by atoms with Crippen LogP contribution in [0.1, 0.15) is 25.2 Å². The predicted molar refractivity (Wildman–Crippen MR) is 146 cm³/mol. The van der Waals surface area contributed by atoms with Crippen molar-refractivity contribution in [2.24, 2.45) is 17.8 Å². The lowest BCUT2D eigenvalue weighted by atomic mass is 9.75. The summed E-state index contributed by atoms with van der Waals surface area (Å²) in [6.45, 7) is 4.05. The summed E-state index contributed by atoms with van der Waals surface area (Å²) in [5.41, 5.74) is 0.957. The number of anilines is 1. The van der Waals surface area contributed by atoms with Crippen LogP contribution in [0.25, 0.3) is 16.6 Å². The molecular weight excluding hydrogens is 523 g/mol. The molecule has 0 radical (unpaired) electrons. The number of fused-ring (bicyclic) bond motifs is 8. The second kappa shape index (κ2) is 7.99. The zero-order valence-electron chi connectivity index (χ0n) is 20.5. The number of amides is 2. The number of imide groups is 1. The van der Waals surface area contributed by atoms with Crippen molar-refractivity contribution in [3.63, 3.8) is 0 Å². The van der Waals surface area contributed by atoms with E-state index in [1.807, 2.05) is 50.2 Å². The Labute approximate surface area is 228 Å². The number of hydrogen-bond donors (Lipinski definition) is 1. The minimum Gasteiger partial charge on any atom is -0.296 e. The molecule has 3 aliphatic heterocycles. The number of nitrogens with zero attached hydrogens (tertiary/aromatic N) is 3. The molecule has 1 N–H and O–H groups in total. The van der Waals surface area contributed by atoms with Crippen LogP contribution in [0.4, 0.5) is 5.69 Å². The van der Waals surface area contributed by atoms with Gasteiger partial charge in [-0.2, -0.15) is 0 Å². The van der Waals surface area contributed by atoms with Crippen molar-refractivity contribution in [1.29, 1.82) is 0 Å². The normalized spacial score (nSPS) is 25.5. The molecule has 0 unspecified atom stereocenters. The second-order valence-corrected chi connectivity index (χ2v) is 11.3. The minimum absolute atomic E-state index is 0.0146. The van der Waals surface area contributed by atoms with E-state index in [1.165, 1.54) is 11.0 Å². The molecular formula is C29H22Cl2N4O3. The van der Waals surface area contributed by atoms with Gasteiger partial charge >= 0.3 is 0 Å². The van der Waals surface area contributed by atoms with Gasteiger partial charge < -0.3 is 0 Å². The molecule has 0 saturated carbocycles. The van der Waals surface area contributed by atoms with Crippen molar-refractivity contribution in [3.8, 4) is 5.69 Å². The number of carbonyl (C=O) groups is 2. The highest BCUT2D eigenvalue weighted by Gasteiger charge is 2.70. The quantitative estimate of drug-likeness (QED) is 0.370. The zero-order chi connectivity index (χ0) is 26.5. The van der Waals surface area contributed by atoms with Crippen LogP contribution in [0.15, 0.2) is 71.5 Å². The Morgan fingerprint density at radius 1 is 0.921 bits per heavy atom. The molecule has 0 bridgehead atoms. The number of para-hydroxylation sites is 2. The summed E-state index contributed by atoms with van der Waals surface area (Å²) in [4.78, 5) is 48.5. The van der Waals surface area contributed by atoms with Gasteiger partial charge in [0.05, 0.1) is 44.2 Å². The number of hydrogen-bond acceptors (Lipinski definition) is 5. The first-order chi connectivity index (χ1) is 18.3. The fourth-order valence-corrected chi connectivity index (χ4v) is 6.90. The Morgan fingerprint density at radius 3 is 2.42 bits per heavy atom. The van der Waals surface area contributed by atoms with Crippen LogP contribution in [0.5, 0.6) is 0 Å². The third kappa shape index (κ3) is 2.84. The summed E-state index contributed by atoms with van der Waals surface area (Å²) < 4.78 is 1.60. The molecule has 2 amide bonds. The molecule has 4 aromatic rings. The molecule has 7 nitrogen and oxygen atoms in total. The van der Waals surface area contributed by atoms with E-state index in [0.717, 1.165) is 5.56 Å². The molecule has 3 aliphatic rings. The number of benzene rings is 3. The Balaban J connectivity index is 1.53. The van der Waals surface area contributed by atoms with Crippen molar-refractivity contribution in [2.75, 3.05) is 4.90 Å². The molecule has 2 fully saturated rings. The summed E-state index contributed by atoms with van der Waals surface area (Å²) in [5, 5.41) is 4.77. The standard InChI is InChI=1S/C29H22Cl2N4O3/c1-14(2)24-22-23(27(38)34(26(22)37)15-11-12-18(30)19(31)13-15)29(33-24)17-8-4-6-10-21(17)35-25(36)16-7-3-5-9-20(16)32-28(29)35/h3-14,22-24,33H,1-2H3/t22-,23-,24-,29+/m1/s1. The van der Waals surface area contributed by atoms with Gasteiger partial charge in [-0.05, 0) is 42.3 Å². The van der Waals surface area contributed by atoms with Crippen LogP contribution in [0.3, 0.4) is 0 Å². The predicted octanol–water partition coefficient (Wildman–Crippen LogP) is 4.68. The van der Waals surface area contributed by atoms with Gasteiger partial charge in [0, 0.05) is 11.6 Å². The third-order valence-corrected chi connectivity index (χ3v) is 8.92. The molecule has 4 heterocycles. The largest absolute Gasteiger partial charge is 0.296 e. The zero-order valence-corrected chi connectivity index (χ0v) is 22.0. The maximum absolute atomic E-state index is 14.4. The van der Waals surface area contributed by atoms with Crippen LogP contribution in [-0.4, -0.2) is 27.4 Å². The number of rotatable bonds is 2. The lowest BCUT2D eigenvalue weighted by Gasteiger charge is -2.32. The molecule has 4 atom stereocenters. The van der Waals surface area contributed by atoms with Gasteiger partial charge in [-0.1, -0.05) is 67.4 Å². The van der Waals surface area contributed by atoms with Crippen LogP contribution in [0, 0.1) is 17.8 Å². The summed E-state index contributed by atoms with van der Waals surface area (Å²) in [6.07, 6.45) is 0. The molecule has 0 aliphatic carbocycles. The van der Waals surface area contributed by atoms with Gasteiger partial charge in [-0.15, -0.1) is 0 Å². The number of halogens is 2. The van der Waals surface area contributed by atoms with E-state index >= 15 is 0 Å². The monoisotopic (exact) mass is 544 g/mol.